The molecule has 6 heteroatoms. The van der Waals surface area contributed by atoms with Crippen molar-refractivity contribution in [1.82, 2.24) is 15.3 Å². The first-order valence-corrected chi connectivity index (χ1v) is 9.17. The number of hydrogen-bond acceptors (Lipinski definition) is 5. The molecule has 2 aromatic carbocycles. The Balaban J connectivity index is 1.67. The van der Waals surface area contributed by atoms with Crippen LogP contribution in [0.1, 0.15) is 41.4 Å². The molecule has 0 saturated heterocycles. The average molecular weight is 376 g/mol. The lowest BCUT2D eigenvalue weighted by Crippen LogP contribution is -2.24. The highest BCUT2D eigenvalue weighted by Gasteiger charge is 2.11. The van der Waals surface area contributed by atoms with E-state index in [0.717, 1.165) is 17.0 Å². The molecule has 0 aliphatic rings. The molecule has 1 amide bonds. The summed E-state index contributed by atoms with van der Waals surface area (Å²) < 4.78 is 5.14. The first kappa shape index (κ1) is 19.4. The molecule has 0 fully saturated rings. The summed E-state index contributed by atoms with van der Waals surface area (Å²) in [6.07, 6.45) is 1.58. The fourth-order valence-electron chi connectivity index (χ4n) is 2.80. The van der Waals surface area contributed by atoms with Gasteiger partial charge in [-0.1, -0.05) is 44.2 Å². The van der Waals surface area contributed by atoms with E-state index in [1.807, 2.05) is 42.5 Å². The van der Waals surface area contributed by atoms with Gasteiger partial charge in [0.1, 0.15) is 11.4 Å². The number of amides is 1. The van der Waals surface area contributed by atoms with E-state index < -0.39 is 0 Å². The number of ether oxygens (including phenoxy) is 1. The second kappa shape index (κ2) is 8.99. The third-order valence-corrected chi connectivity index (χ3v) is 4.33. The van der Waals surface area contributed by atoms with Crippen molar-refractivity contribution >= 4 is 17.5 Å². The largest absolute Gasteiger partial charge is 0.497 e. The second-order valence-electron chi connectivity index (χ2n) is 6.66. The predicted octanol–water partition coefficient (Wildman–Crippen LogP) is 4.28. The molecular formula is C22H24N4O2. The highest BCUT2D eigenvalue weighted by Crippen LogP contribution is 2.25. The van der Waals surface area contributed by atoms with Crippen molar-refractivity contribution in [1.29, 1.82) is 0 Å². The molecule has 144 valence electrons. The van der Waals surface area contributed by atoms with Gasteiger partial charge in [0.05, 0.1) is 7.11 Å². The van der Waals surface area contributed by atoms with Gasteiger partial charge in [0, 0.05) is 18.4 Å². The summed E-state index contributed by atoms with van der Waals surface area (Å²) in [5, 5.41) is 6.10. The van der Waals surface area contributed by atoms with Gasteiger partial charge < -0.3 is 15.4 Å². The van der Waals surface area contributed by atoms with Crippen molar-refractivity contribution < 1.29 is 9.53 Å². The first-order chi connectivity index (χ1) is 13.6. The van der Waals surface area contributed by atoms with E-state index in [1.54, 1.807) is 19.4 Å². The predicted molar refractivity (Wildman–Crippen MR) is 110 cm³/mol. The summed E-state index contributed by atoms with van der Waals surface area (Å²) in [6, 6.07) is 17.2. The van der Waals surface area contributed by atoms with Crippen LogP contribution < -0.4 is 15.4 Å². The topological polar surface area (TPSA) is 76.1 Å². The first-order valence-electron chi connectivity index (χ1n) is 9.17. The minimum Gasteiger partial charge on any atom is -0.497 e. The minimum atomic E-state index is -0.251. The zero-order valence-corrected chi connectivity index (χ0v) is 16.3. The van der Waals surface area contributed by atoms with Crippen molar-refractivity contribution in [3.05, 3.63) is 77.6 Å². The van der Waals surface area contributed by atoms with Crippen LogP contribution in [0.5, 0.6) is 5.75 Å². The van der Waals surface area contributed by atoms with Crippen LogP contribution in [0.15, 0.2) is 60.8 Å². The van der Waals surface area contributed by atoms with Gasteiger partial charge >= 0.3 is 0 Å². The van der Waals surface area contributed by atoms with Crippen LogP contribution in [0.4, 0.5) is 11.6 Å². The van der Waals surface area contributed by atoms with Gasteiger partial charge in [0.15, 0.2) is 0 Å². The third-order valence-electron chi connectivity index (χ3n) is 4.33. The molecule has 0 aliphatic carbocycles. The lowest BCUT2D eigenvalue weighted by molar-refractivity contribution is 0.0946. The molecule has 1 aromatic heterocycles. The Morgan fingerprint density at radius 2 is 1.82 bits per heavy atom. The fourth-order valence-corrected chi connectivity index (χ4v) is 2.80. The lowest BCUT2D eigenvalue weighted by Gasteiger charge is -2.13. The van der Waals surface area contributed by atoms with Gasteiger partial charge in [-0.05, 0) is 41.3 Å². The van der Waals surface area contributed by atoms with E-state index in [9.17, 15) is 4.79 Å². The van der Waals surface area contributed by atoms with E-state index in [0.29, 0.717) is 24.1 Å². The van der Waals surface area contributed by atoms with E-state index in [-0.39, 0.29) is 5.91 Å². The average Bonchev–Trinajstić information content (AvgIpc) is 2.73. The second-order valence-corrected chi connectivity index (χ2v) is 6.66. The Labute approximate surface area is 165 Å². The lowest BCUT2D eigenvalue weighted by atomic mass is 10.0. The van der Waals surface area contributed by atoms with Crippen molar-refractivity contribution in [2.24, 2.45) is 0 Å². The van der Waals surface area contributed by atoms with Crippen LogP contribution in [-0.4, -0.2) is 23.0 Å². The number of rotatable bonds is 7. The molecular weight excluding hydrogens is 352 g/mol. The van der Waals surface area contributed by atoms with E-state index >= 15 is 0 Å². The zero-order valence-electron chi connectivity index (χ0n) is 16.3. The highest BCUT2D eigenvalue weighted by atomic mass is 16.5. The van der Waals surface area contributed by atoms with Gasteiger partial charge in [-0.2, -0.15) is 0 Å². The maximum atomic E-state index is 12.5. The Bertz CT molecular complexity index is 939. The number of hydrogen-bond donors (Lipinski definition) is 2. The van der Waals surface area contributed by atoms with Gasteiger partial charge in [-0.15, -0.1) is 0 Å². The zero-order chi connectivity index (χ0) is 19.9. The van der Waals surface area contributed by atoms with Crippen LogP contribution in [0, 0.1) is 0 Å². The van der Waals surface area contributed by atoms with Crippen LogP contribution >= 0.6 is 0 Å². The molecule has 0 saturated carbocycles. The number of carbonyl (C=O) groups excluding carboxylic acids is 1. The minimum absolute atomic E-state index is 0.251. The number of benzene rings is 2. The van der Waals surface area contributed by atoms with Crippen molar-refractivity contribution in [2.45, 2.75) is 26.3 Å². The summed E-state index contributed by atoms with van der Waals surface area (Å²) in [5.41, 5.74) is 3.40. The number of aromatic nitrogens is 2. The summed E-state index contributed by atoms with van der Waals surface area (Å²) in [5.74, 6) is 1.28. The third kappa shape index (κ3) is 4.85. The van der Waals surface area contributed by atoms with Gasteiger partial charge in [-0.3, -0.25) is 4.79 Å². The standard InChI is InChI=1S/C22H24N4O2/c1-15(2)18-6-4-5-7-19(18)25-22-23-13-12-20(26-22)21(27)24-14-16-8-10-17(28-3)11-9-16/h4-13,15H,14H2,1-3H3,(H,24,27)(H,23,25,26). The van der Waals surface area contributed by atoms with Crippen LogP contribution in [-0.2, 0) is 6.54 Å². The highest BCUT2D eigenvalue weighted by molar-refractivity contribution is 5.92. The van der Waals surface area contributed by atoms with Crippen molar-refractivity contribution in [3.8, 4) is 5.75 Å². The SMILES string of the molecule is COc1ccc(CNC(=O)c2ccnc(Nc3ccccc3C(C)C)n2)cc1. The molecule has 0 spiro atoms. The Hall–Kier alpha value is -3.41. The quantitative estimate of drug-likeness (QED) is 0.644. The van der Waals surface area contributed by atoms with Crippen molar-refractivity contribution in [3.63, 3.8) is 0 Å². The van der Waals surface area contributed by atoms with Crippen LogP contribution in [0.2, 0.25) is 0 Å². The van der Waals surface area contributed by atoms with Crippen LogP contribution in [0.25, 0.3) is 0 Å². The number of para-hydroxylation sites is 1. The van der Waals surface area contributed by atoms with Crippen LogP contribution in [0.3, 0.4) is 0 Å². The summed E-state index contributed by atoms with van der Waals surface area (Å²) in [6.45, 7) is 4.67. The van der Waals surface area contributed by atoms with E-state index in [4.69, 9.17) is 4.74 Å². The molecule has 1 heterocycles. The van der Waals surface area contributed by atoms with Gasteiger partial charge in [-0.25, -0.2) is 9.97 Å². The number of carbonyl (C=O) groups is 1. The molecule has 2 N–H and O–H groups in total. The molecule has 3 rings (SSSR count). The number of anilines is 2. The molecule has 3 aromatic rings. The normalized spacial score (nSPS) is 10.6. The number of nitrogens with zero attached hydrogens (tertiary/aromatic N) is 2. The molecule has 0 unspecified atom stereocenters. The Morgan fingerprint density at radius 1 is 1.07 bits per heavy atom. The maximum absolute atomic E-state index is 12.5. The Kier molecular flexibility index (Phi) is 6.22. The molecule has 6 nitrogen and oxygen atoms in total. The monoisotopic (exact) mass is 376 g/mol. The van der Waals surface area contributed by atoms with Gasteiger partial charge in [0.2, 0.25) is 5.95 Å². The summed E-state index contributed by atoms with van der Waals surface area (Å²) in [7, 11) is 1.62. The fraction of sp³-hybridized carbons (Fsp3) is 0.227. The summed E-state index contributed by atoms with van der Waals surface area (Å²) in [4.78, 5) is 21.1. The van der Waals surface area contributed by atoms with E-state index in [1.165, 1.54) is 5.56 Å². The van der Waals surface area contributed by atoms with Crippen molar-refractivity contribution in [2.75, 3.05) is 12.4 Å². The smallest absolute Gasteiger partial charge is 0.270 e. The maximum Gasteiger partial charge on any atom is 0.270 e. The van der Waals surface area contributed by atoms with Gasteiger partial charge in [0.25, 0.3) is 5.91 Å². The van der Waals surface area contributed by atoms with E-state index in [2.05, 4.69) is 40.5 Å². The molecule has 0 bridgehead atoms. The molecule has 0 aliphatic heterocycles. The summed E-state index contributed by atoms with van der Waals surface area (Å²) >= 11 is 0. The molecule has 0 radical (unpaired) electrons. The number of nitrogens with one attached hydrogen (secondary N) is 2. The molecule has 0 atom stereocenters. The molecule has 28 heavy (non-hydrogen) atoms. The Morgan fingerprint density at radius 3 is 2.54 bits per heavy atom. The number of methoxy groups -OCH3 is 1.